The highest BCUT2D eigenvalue weighted by atomic mass is 32.1. The second kappa shape index (κ2) is 7.45. The highest BCUT2D eigenvalue weighted by molar-refractivity contribution is 7.12. The monoisotopic (exact) mass is 367 g/mol. The van der Waals surface area contributed by atoms with E-state index in [1.165, 1.54) is 23.1 Å². The summed E-state index contributed by atoms with van der Waals surface area (Å²) in [6, 6.07) is 13.1. The van der Waals surface area contributed by atoms with Gasteiger partial charge in [0.1, 0.15) is 0 Å². The largest absolute Gasteiger partial charge is 0.322 e. The summed E-state index contributed by atoms with van der Waals surface area (Å²) in [5.74, 6) is -0.317. The number of aryl methyl sites for hydroxylation is 2. The average molecular weight is 367 g/mol. The number of aromatic nitrogens is 1. The Morgan fingerprint density at radius 1 is 1.23 bits per heavy atom. The fraction of sp³-hybridized carbons (Fsp3) is 0.158. The van der Waals surface area contributed by atoms with E-state index in [1.807, 2.05) is 19.1 Å². The number of carbonyl (C=O) groups excluding carboxylic acids is 1. The third kappa shape index (κ3) is 3.78. The maximum atomic E-state index is 12.4. The number of nitrogens with zero attached hydrogens (tertiary/aromatic N) is 2. The molecule has 0 saturated carbocycles. The number of benzene rings is 2. The Hall–Kier alpha value is -3.06. The van der Waals surface area contributed by atoms with Gasteiger partial charge in [-0.25, -0.2) is 4.98 Å². The molecule has 6 nitrogen and oxygen atoms in total. The Balaban J connectivity index is 1.79. The Morgan fingerprint density at radius 3 is 2.62 bits per heavy atom. The van der Waals surface area contributed by atoms with Gasteiger partial charge < -0.3 is 5.32 Å². The number of nitro benzene ring substituents is 1. The zero-order chi connectivity index (χ0) is 18.7. The van der Waals surface area contributed by atoms with Gasteiger partial charge in [0.25, 0.3) is 11.6 Å². The third-order valence-electron chi connectivity index (χ3n) is 3.86. The summed E-state index contributed by atoms with van der Waals surface area (Å²) in [6.07, 6.45) is 0.913. The van der Waals surface area contributed by atoms with Gasteiger partial charge in [-0.2, -0.15) is 0 Å². The molecule has 7 heteroatoms. The van der Waals surface area contributed by atoms with Crippen LogP contribution in [0.15, 0.2) is 48.5 Å². The summed E-state index contributed by atoms with van der Waals surface area (Å²) in [6.45, 7) is 4.07. The number of non-ortho nitro benzene ring substituents is 1. The topological polar surface area (TPSA) is 85.1 Å². The molecule has 3 rings (SSSR count). The number of nitrogens with one attached hydrogen (secondary N) is 1. The van der Waals surface area contributed by atoms with Crippen molar-refractivity contribution in [1.82, 2.24) is 4.98 Å². The predicted molar refractivity (Wildman–Crippen MR) is 103 cm³/mol. The van der Waals surface area contributed by atoms with E-state index in [1.54, 1.807) is 29.5 Å². The second-order valence-corrected chi connectivity index (χ2v) is 6.98. The molecule has 0 spiro atoms. The molecule has 1 aromatic heterocycles. The van der Waals surface area contributed by atoms with E-state index in [9.17, 15) is 14.9 Å². The first kappa shape index (κ1) is 17.8. The van der Waals surface area contributed by atoms with Crippen molar-refractivity contribution in [2.45, 2.75) is 20.3 Å². The Kier molecular flexibility index (Phi) is 5.09. The van der Waals surface area contributed by atoms with Crippen molar-refractivity contribution in [3.8, 4) is 11.3 Å². The predicted octanol–water partition coefficient (Wildman–Crippen LogP) is 4.84. The fourth-order valence-electron chi connectivity index (χ4n) is 2.61. The van der Waals surface area contributed by atoms with Gasteiger partial charge in [0, 0.05) is 33.8 Å². The molecule has 0 fully saturated rings. The molecule has 3 aromatic rings. The molecule has 0 aliphatic heterocycles. The number of nitro groups is 1. The first-order valence-electron chi connectivity index (χ1n) is 8.10. The quantitative estimate of drug-likeness (QED) is 0.516. The molecule has 132 valence electrons. The third-order valence-corrected chi connectivity index (χ3v) is 4.98. The lowest BCUT2D eigenvalue weighted by Crippen LogP contribution is -2.11. The molecule has 0 unspecified atom stereocenters. The van der Waals surface area contributed by atoms with E-state index in [4.69, 9.17) is 0 Å². The van der Waals surface area contributed by atoms with E-state index in [2.05, 4.69) is 17.2 Å². The van der Waals surface area contributed by atoms with Crippen LogP contribution in [0.3, 0.4) is 0 Å². The zero-order valence-corrected chi connectivity index (χ0v) is 15.2. The fourth-order valence-corrected chi connectivity index (χ4v) is 3.51. The molecule has 1 heterocycles. The van der Waals surface area contributed by atoms with Gasteiger partial charge in [-0.1, -0.05) is 25.1 Å². The van der Waals surface area contributed by atoms with Crippen molar-refractivity contribution < 1.29 is 9.72 Å². The van der Waals surface area contributed by atoms with Crippen molar-refractivity contribution in [3.63, 3.8) is 0 Å². The van der Waals surface area contributed by atoms with Crippen LogP contribution in [0.2, 0.25) is 0 Å². The van der Waals surface area contributed by atoms with E-state index in [-0.39, 0.29) is 11.6 Å². The molecule has 0 radical (unpaired) electrons. The summed E-state index contributed by atoms with van der Waals surface area (Å²) in [5.41, 5.74) is 2.73. The molecule has 0 aliphatic carbocycles. The molecule has 26 heavy (non-hydrogen) atoms. The zero-order valence-electron chi connectivity index (χ0n) is 14.4. The second-order valence-electron chi connectivity index (χ2n) is 5.70. The molecular weight excluding hydrogens is 350 g/mol. The van der Waals surface area contributed by atoms with Gasteiger partial charge in [-0.3, -0.25) is 14.9 Å². The minimum atomic E-state index is -0.494. The molecule has 0 atom stereocenters. The van der Waals surface area contributed by atoms with Crippen molar-refractivity contribution in [2.75, 3.05) is 5.32 Å². The number of thiazole rings is 1. The van der Waals surface area contributed by atoms with Gasteiger partial charge >= 0.3 is 0 Å². The lowest BCUT2D eigenvalue weighted by atomic mass is 10.1. The maximum Gasteiger partial charge on any atom is 0.271 e. The molecule has 1 N–H and O–H groups in total. The average Bonchev–Trinajstić information content (AvgIpc) is 3.03. The van der Waals surface area contributed by atoms with Crippen LogP contribution in [0.4, 0.5) is 11.4 Å². The van der Waals surface area contributed by atoms with Gasteiger partial charge in [-0.15, -0.1) is 11.3 Å². The van der Waals surface area contributed by atoms with Gasteiger partial charge in [0.2, 0.25) is 0 Å². The first-order valence-corrected chi connectivity index (χ1v) is 8.92. The molecule has 2 aromatic carbocycles. The van der Waals surface area contributed by atoms with Crippen LogP contribution in [-0.2, 0) is 6.42 Å². The maximum absolute atomic E-state index is 12.4. The number of rotatable bonds is 5. The van der Waals surface area contributed by atoms with Crippen molar-refractivity contribution in [3.05, 3.63) is 74.1 Å². The molecule has 0 bridgehead atoms. The highest BCUT2D eigenvalue weighted by Gasteiger charge is 2.12. The standard InChI is InChI=1S/C19H17N3O3S/c1-3-17-18(20-12(2)26-17)13-7-9-14(10-8-13)19(23)21-15-5-4-6-16(11-15)22(24)25/h4-11H,3H2,1-2H3,(H,21,23). The number of anilines is 1. The summed E-state index contributed by atoms with van der Waals surface area (Å²) in [5, 5.41) is 14.5. The number of amides is 1. The van der Waals surface area contributed by atoms with Crippen LogP contribution in [0.5, 0.6) is 0 Å². The van der Waals surface area contributed by atoms with E-state index < -0.39 is 4.92 Å². The van der Waals surface area contributed by atoms with Crippen LogP contribution in [0.25, 0.3) is 11.3 Å². The van der Waals surface area contributed by atoms with E-state index in [0.29, 0.717) is 11.3 Å². The lowest BCUT2D eigenvalue weighted by Gasteiger charge is -2.06. The Morgan fingerprint density at radius 2 is 1.96 bits per heavy atom. The van der Waals surface area contributed by atoms with Crippen LogP contribution in [-0.4, -0.2) is 15.8 Å². The van der Waals surface area contributed by atoms with Crippen LogP contribution < -0.4 is 5.32 Å². The minimum Gasteiger partial charge on any atom is -0.322 e. The normalized spacial score (nSPS) is 10.5. The van der Waals surface area contributed by atoms with Crippen molar-refractivity contribution in [2.24, 2.45) is 0 Å². The number of hydrogen-bond donors (Lipinski definition) is 1. The van der Waals surface area contributed by atoms with Gasteiger partial charge in [-0.05, 0) is 31.5 Å². The van der Waals surface area contributed by atoms with Crippen molar-refractivity contribution in [1.29, 1.82) is 0 Å². The molecule has 1 amide bonds. The minimum absolute atomic E-state index is 0.0656. The smallest absolute Gasteiger partial charge is 0.271 e. The first-order chi connectivity index (χ1) is 12.5. The molecular formula is C19H17N3O3S. The van der Waals surface area contributed by atoms with Crippen LogP contribution >= 0.6 is 11.3 Å². The Bertz CT molecular complexity index is 964. The van der Waals surface area contributed by atoms with E-state index >= 15 is 0 Å². The van der Waals surface area contributed by atoms with Gasteiger partial charge in [0.05, 0.1) is 15.6 Å². The van der Waals surface area contributed by atoms with Gasteiger partial charge in [0.15, 0.2) is 0 Å². The van der Waals surface area contributed by atoms with Crippen molar-refractivity contribution >= 4 is 28.6 Å². The highest BCUT2D eigenvalue weighted by Crippen LogP contribution is 2.28. The summed E-state index contributed by atoms with van der Waals surface area (Å²) >= 11 is 1.68. The SMILES string of the molecule is CCc1sc(C)nc1-c1ccc(C(=O)Nc2cccc([N+](=O)[O-])c2)cc1. The van der Waals surface area contributed by atoms with E-state index in [0.717, 1.165) is 22.7 Å². The number of carbonyl (C=O) groups is 1. The summed E-state index contributed by atoms with van der Waals surface area (Å²) < 4.78 is 0. The molecule has 0 saturated heterocycles. The van der Waals surface area contributed by atoms with Crippen LogP contribution in [0, 0.1) is 17.0 Å². The Labute approximate surface area is 154 Å². The molecule has 0 aliphatic rings. The summed E-state index contributed by atoms with van der Waals surface area (Å²) in [7, 11) is 0. The lowest BCUT2D eigenvalue weighted by molar-refractivity contribution is -0.384. The van der Waals surface area contributed by atoms with Crippen LogP contribution in [0.1, 0.15) is 27.2 Å². The number of hydrogen-bond acceptors (Lipinski definition) is 5. The summed E-state index contributed by atoms with van der Waals surface area (Å²) in [4.78, 5) is 28.5.